The van der Waals surface area contributed by atoms with Crippen LogP contribution in [0.3, 0.4) is 0 Å². The van der Waals surface area contributed by atoms with Crippen LogP contribution >= 0.6 is 0 Å². The zero-order valence-electron chi connectivity index (χ0n) is 16.7. The number of hydrogen-bond acceptors (Lipinski definition) is 8. The molecule has 0 aliphatic carbocycles. The first-order valence-electron chi connectivity index (χ1n) is 9.94. The molecule has 0 aliphatic heterocycles. The Morgan fingerprint density at radius 2 is 0.844 bits per heavy atom. The van der Waals surface area contributed by atoms with Gasteiger partial charge in [0.25, 0.3) is 0 Å². The van der Waals surface area contributed by atoms with Crippen molar-refractivity contribution in [1.29, 1.82) is 0 Å². The van der Waals surface area contributed by atoms with E-state index in [-0.39, 0.29) is 0 Å². The predicted molar refractivity (Wildman–Crippen MR) is 120 cm³/mol. The summed E-state index contributed by atoms with van der Waals surface area (Å²) in [6.45, 7) is 0. The van der Waals surface area contributed by atoms with Crippen LogP contribution in [-0.4, -0.2) is 39.9 Å². The third kappa shape index (κ3) is 3.29. The van der Waals surface area contributed by atoms with Crippen LogP contribution in [0.25, 0.3) is 56.5 Å². The van der Waals surface area contributed by atoms with Gasteiger partial charge in [0, 0.05) is 35.6 Å². The van der Waals surface area contributed by atoms with E-state index in [1.807, 2.05) is 48.5 Å². The van der Waals surface area contributed by atoms with Gasteiger partial charge in [-0.3, -0.25) is 0 Å². The minimum atomic E-state index is 0.426. The van der Waals surface area contributed by atoms with E-state index in [1.165, 1.54) is 0 Å². The molecule has 0 amide bonds. The van der Waals surface area contributed by atoms with Gasteiger partial charge >= 0.3 is 0 Å². The lowest BCUT2D eigenvalue weighted by Crippen LogP contribution is -2.00. The van der Waals surface area contributed by atoms with Gasteiger partial charge < -0.3 is 0 Å². The van der Waals surface area contributed by atoms with Crippen molar-refractivity contribution >= 4 is 21.8 Å². The molecule has 0 atom stereocenters. The Balaban J connectivity index is 1.39. The van der Waals surface area contributed by atoms with Crippen molar-refractivity contribution in [2.45, 2.75) is 0 Å². The lowest BCUT2D eigenvalue weighted by Gasteiger charge is -2.05. The normalized spacial score (nSPS) is 11.1. The molecule has 4 heterocycles. The van der Waals surface area contributed by atoms with Crippen molar-refractivity contribution in [3.05, 3.63) is 85.5 Å². The maximum Gasteiger partial charge on any atom is 0.198 e. The van der Waals surface area contributed by atoms with Gasteiger partial charge in [-0.05, 0) is 24.3 Å². The SMILES string of the molecule is c1ccc2nc(-c3nccc(-c4ccnc(-c5ncc6ccccc6n5)n4)n3)ncc2c1. The molecule has 8 heteroatoms. The second-order valence-electron chi connectivity index (χ2n) is 7.04. The Hall–Kier alpha value is -4.72. The summed E-state index contributed by atoms with van der Waals surface area (Å²) >= 11 is 0. The fraction of sp³-hybridized carbons (Fsp3) is 0. The number of benzene rings is 2. The van der Waals surface area contributed by atoms with Crippen LogP contribution < -0.4 is 0 Å². The van der Waals surface area contributed by atoms with Crippen molar-refractivity contribution < 1.29 is 0 Å². The Morgan fingerprint density at radius 3 is 1.34 bits per heavy atom. The summed E-state index contributed by atoms with van der Waals surface area (Å²) in [5.41, 5.74) is 2.95. The highest BCUT2D eigenvalue weighted by atomic mass is 15.0. The molecule has 8 nitrogen and oxygen atoms in total. The van der Waals surface area contributed by atoms with Crippen LogP contribution in [0.2, 0.25) is 0 Å². The Labute approximate surface area is 182 Å². The first-order chi connectivity index (χ1) is 15.8. The molecule has 32 heavy (non-hydrogen) atoms. The third-order valence-electron chi connectivity index (χ3n) is 4.95. The molecular weight excluding hydrogens is 400 g/mol. The van der Waals surface area contributed by atoms with Crippen molar-refractivity contribution in [2.24, 2.45) is 0 Å². The molecule has 0 bridgehead atoms. The number of rotatable bonds is 3. The van der Waals surface area contributed by atoms with Crippen molar-refractivity contribution in [3.8, 4) is 34.7 Å². The summed E-state index contributed by atoms with van der Waals surface area (Å²) in [6, 6.07) is 19.2. The highest BCUT2D eigenvalue weighted by Crippen LogP contribution is 2.21. The van der Waals surface area contributed by atoms with E-state index in [1.54, 1.807) is 36.9 Å². The Kier molecular flexibility index (Phi) is 4.25. The second-order valence-corrected chi connectivity index (χ2v) is 7.04. The van der Waals surface area contributed by atoms with E-state index in [4.69, 9.17) is 0 Å². The molecule has 0 N–H and O–H groups in total. The largest absolute Gasteiger partial charge is 0.234 e. The minimum absolute atomic E-state index is 0.426. The van der Waals surface area contributed by atoms with Gasteiger partial charge in [0.1, 0.15) is 0 Å². The molecule has 0 saturated heterocycles. The summed E-state index contributed by atoms with van der Waals surface area (Å²) in [5, 5.41) is 1.92. The highest BCUT2D eigenvalue weighted by Gasteiger charge is 2.12. The summed E-state index contributed by atoms with van der Waals surface area (Å²) in [4.78, 5) is 36.0. The molecule has 4 aromatic heterocycles. The van der Waals surface area contributed by atoms with Crippen LogP contribution in [-0.2, 0) is 0 Å². The predicted octanol–water partition coefficient (Wildman–Crippen LogP) is 4.15. The minimum Gasteiger partial charge on any atom is -0.234 e. The van der Waals surface area contributed by atoms with Gasteiger partial charge in [0.15, 0.2) is 23.3 Å². The summed E-state index contributed by atoms with van der Waals surface area (Å²) < 4.78 is 0. The monoisotopic (exact) mass is 414 g/mol. The van der Waals surface area contributed by atoms with Crippen molar-refractivity contribution in [3.63, 3.8) is 0 Å². The smallest absolute Gasteiger partial charge is 0.198 e. The first-order valence-corrected chi connectivity index (χ1v) is 9.94. The number of aromatic nitrogens is 8. The van der Waals surface area contributed by atoms with Crippen molar-refractivity contribution in [1.82, 2.24) is 39.9 Å². The molecule has 150 valence electrons. The fourth-order valence-corrected chi connectivity index (χ4v) is 3.38. The standard InChI is InChI=1S/C24H14N8/c1-3-7-17-15(5-1)13-27-23(29-17)21-25-11-9-19(31-21)20-10-12-26-22(32-20)24-28-14-16-6-2-4-8-18(16)30-24/h1-14H. The molecule has 0 radical (unpaired) electrons. The molecule has 2 aromatic carbocycles. The molecule has 0 fully saturated rings. The van der Waals surface area contributed by atoms with Crippen LogP contribution in [0.5, 0.6) is 0 Å². The lowest BCUT2D eigenvalue weighted by molar-refractivity contribution is 1.07. The van der Waals surface area contributed by atoms with E-state index < -0.39 is 0 Å². The second kappa shape index (κ2) is 7.51. The topological polar surface area (TPSA) is 103 Å². The maximum absolute atomic E-state index is 4.64. The summed E-state index contributed by atoms with van der Waals surface area (Å²) in [7, 11) is 0. The zero-order chi connectivity index (χ0) is 21.3. The molecule has 0 unspecified atom stereocenters. The van der Waals surface area contributed by atoms with Gasteiger partial charge in [0.05, 0.1) is 22.4 Å². The zero-order valence-corrected chi connectivity index (χ0v) is 16.7. The van der Waals surface area contributed by atoms with Gasteiger partial charge in [-0.2, -0.15) is 0 Å². The molecule has 6 rings (SSSR count). The summed E-state index contributed by atoms with van der Waals surface area (Å²) in [5.74, 6) is 1.76. The summed E-state index contributed by atoms with van der Waals surface area (Å²) in [6.07, 6.45) is 6.89. The van der Waals surface area contributed by atoms with Crippen molar-refractivity contribution in [2.75, 3.05) is 0 Å². The number of hydrogen-bond donors (Lipinski definition) is 0. The van der Waals surface area contributed by atoms with E-state index in [9.17, 15) is 0 Å². The van der Waals surface area contributed by atoms with E-state index in [2.05, 4.69) is 39.9 Å². The highest BCUT2D eigenvalue weighted by molar-refractivity contribution is 5.79. The van der Waals surface area contributed by atoms with Crippen LogP contribution in [0.15, 0.2) is 85.5 Å². The average molecular weight is 414 g/mol. The average Bonchev–Trinajstić information content (AvgIpc) is 2.88. The van der Waals surface area contributed by atoms with Crippen LogP contribution in [0, 0.1) is 0 Å². The van der Waals surface area contributed by atoms with E-state index >= 15 is 0 Å². The first kappa shape index (κ1) is 18.1. The van der Waals surface area contributed by atoms with Gasteiger partial charge in [-0.15, -0.1) is 0 Å². The van der Waals surface area contributed by atoms with Gasteiger partial charge in [-0.1, -0.05) is 36.4 Å². The van der Waals surface area contributed by atoms with Gasteiger partial charge in [-0.25, -0.2) is 39.9 Å². The van der Waals surface area contributed by atoms with E-state index in [0.29, 0.717) is 34.7 Å². The molecule has 6 aromatic rings. The van der Waals surface area contributed by atoms with Crippen LogP contribution in [0.1, 0.15) is 0 Å². The maximum atomic E-state index is 4.64. The van der Waals surface area contributed by atoms with Gasteiger partial charge in [0.2, 0.25) is 0 Å². The fourth-order valence-electron chi connectivity index (χ4n) is 3.38. The molecule has 0 spiro atoms. The lowest BCUT2D eigenvalue weighted by atomic mass is 10.2. The third-order valence-corrected chi connectivity index (χ3v) is 4.95. The Bertz CT molecular complexity index is 1480. The van der Waals surface area contributed by atoms with Crippen LogP contribution in [0.4, 0.5) is 0 Å². The molecule has 0 saturated carbocycles. The quantitative estimate of drug-likeness (QED) is 0.425. The number of nitrogens with zero attached hydrogens (tertiary/aromatic N) is 8. The van der Waals surface area contributed by atoms with E-state index in [0.717, 1.165) is 21.8 Å². The number of para-hydroxylation sites is 2. The number of fused-ring (bicyclic) bond motifs is 2. The molecular formula is C24H14N8. The molecule has 0 aliphatic rings. The Morgan fingerprint density at radius 1 is 0.406 bits per heavy atom.